The fourth-order valence-corrected chi connectivity index (χ4v) is 2.64. The van der Waals surface area contributed by atoms with Gasteiger partial charge >= 0.3 is 0 Å². The van der Waals surface area contributed by atoms with Crippen LogP contribution in [0.5, 0.6) is 0 Å². The van der Waals surface area contributed by atoms with Crippen LogP contribution in [0.4, 0.5) is 0 Å². The number of ether oxygens (including phenoxy) is 1. The molecule has 1 aromatic heterocycles. The molecule has 1 amide bonds. The van der Waals surface area contributed by atoms with E-state index in [-0.39, 0.29) is 5.91 Å². The Morgan fingerprint density at radius 2 is 2.30 bits per heavy atom. The molecule has 2 aromatic rings. The lowest BCUT2D eigenvalue weighted by Gasteiger charge is -2.02. The highest BCUT2D eigenvalue weighted by molar-refractivity contribution is 7.13. The topological polar surface area (TPSA) is 51.2 Å². The summed E-state index contributed by atoms with van der Waals surface area (Å²) in [5.41, 5.74) is 3.11. The Balaban J connectivity index is 1.97. The molecule has 1 N–H and O–H groups in total. The van der Waals surface area contributed by atoms with Gasteiger partial charge in [0.15, 0.2) is 0 Å². The zero-order valence-electron chi connectivity index (χ0n) is 11.7. The molecule has 0 atom stereocenters. The van der Waals surface area contributed by atoms with Gasteiger partial charge in [-0.15, -0.1) is 11.3 Å². The number of nitrogens with zero attached hydrogens (tertiary/aromatic N) is 1. The molecule has 0 aliphatic carbocycles. The molecule has 1 heterocycles. The first-order valence-corrected chi connectivity index (χ1v) is 7.34. The number of nitrogens with one attached hydrogen (secondary N) is 1. The highest BCUT2D eigenvalue weighted by atomic mass is 32.1. The minimum Gasteiger partial charge on any atom is -0.383 e. The van der Waals surface area contributed by atoms with E-state index in [2.05, 4.69) is 29.4 Å². The van der Waals surface area contributed by atoms with Crippen molar-refractivity contribution in [2.75, 3.05) is 20.3 Å². The largest absolute Gasteiger partial charge is 0.383 e. The average Bonchev–Trinajstić information content (AvgIpc) is 2.87. The minimum absolute atomic E-state index is 0.0249. The molecule has 0 aliphatic rings. The number of benzene rings is 1. The number of thiazole rings is 1. The third kappa shape index (κ3) is 4.15. The fraction of sp³-hybridized carbons (Fsp3) is 0.333. The molecule has 106 valence electrons. The first-order valence-electron chi connectivity index (χ1n) is 6.46. The lowest BCUT2D eigenvalue weighted by molar-refractivity contribution is -0.120. The number of rotatable bonds is 6. The van der Waals surface area contributed by atoms with Crippen LogP contribution in [0.2, 0.25) is 0 Å². The van der Waals surface area contributed by atoms with E-state index in [1.54, 1.807) is 18.4 Å². The van der Waals surface area contributed by atoms with E-state index in [4.69, 9.17) is 4.74 Å². The van der Waals surface area contributed by atoms with Gasteiger partial charge in [0.2, 0.25) is 5.91 Å². The van der Waals surface area contributed by atoms with Gasteiger partial charge in [-0.25, -0.2) is 4.98 Å². The summed E-state index contributed by atoms with van der Waals surface area (Å²) < 4.78 is 4.89. The second kappa shape index (κ2) is 7.17. The number of hydrogen-bond donors (Lipinski definition) is 1. The van der Waals surface area contributed by atoms with Crippen molar-refractivity contribution in [2.24, 2.45) is 0 Å². The van der Waals surface area contributed by atoms with Crippen LogP contribution in [0, 0.1) is 6.92 Å². The highest BCUT2D eigenvalue weighted by Crippen LogP contribution is 2.24. The standard InChI is InChI=1S/C15H18N2O2S/c1-11-4-3-5-12(8-11)15-17-13(10-20-15)9-14(18)16-6-7-19-2/h3-5,8,10H,6-7,9H2,1-2H3,(H,16,18). The molecule has 0 saturated carbocycles. The molecular weight excluding hydrogens is 272 g/mol. The van der Waals surface area contributed by atoms with Crippen LogP contribution in [-0.4, -0.2) is 31.2 Å². The minimum atomic E-state index is -0.0249. The van der Waals surface area contributed by atoms with E-state index < -0.39 is 0 Å². The number of methoxy groups -OCH3 is 1. The number of carbonyl (C=O) groups is 1. The predicted molar refractivity (Wildman–Crippen MR) is 80.9 cm³/mol. The highest BCUT2D eigenvalue weighted by Gasteiger charge is 2.08. The van der Waals surface area contributed by atoms with E-state index in [1.807, 2.05) is 17.5 Å². The van der Waals surface area contributed by atoms with Gasteiger partial charge in [0.05, 0.1) is 18.7 Å². The molecule has 1 aromatic carbocycles. The van der Waals surface area contributed by atoms with Crippen molar-refractivity contribution in [3.05, 3.63) is 40.9 Å². The molecule has 0 aliphatic heterocycles. The van der Waals surface area contributed by atoms with E-state index in [0.717, 1.165) is 16.3 Å². The van der Waals surface area contributed by atoms with Crippen LogP contribution in [-0.2, 0) is 16.0 Å². The predicted octanol–water partition coefficient (Wildman–Crippen LogP) is 2.42. The molecule has 20 heavy (non-hydrogen) atoms. The average molecular weight is 290 g/mol. The molecule has 0 fully saturated rings. The molecular formula is C15H18N2O2S. The molecule has 4 nitrogen and oxygen atoms in total. The van der Waals surface area contributed by atoms with Crippen LogP contribution < -0.4 is 5.32 Å². The SMILES string of the molecule is COCCNC(=O)Cc1csc(-c2cccc(C)c2)n1. The zero-order valence-corrected chi connectivity index (χ0v) is 12.5. The van der Waals surface area contributed by atoms with Crippen molar-refractivity contribution in [3.63, 3.8) is 0 Å². The van der Waals surface area contributed by atoms with Gasteiger partial charge < -0.3 is 10.1 Å². The van der Waals surface area contributed by atoms with Gasteiger partial charge in [0, 0.05) is 24.6 Å². The number of amides is 1. The Labute approximate surface area is 122 Å². The van der Waals surface area contributed by atoms with Crippen molar-refractivity contribution < 1.29 is 9.53 Å². The van der Waals surface area contributed by atoms with Crippen molar-refractivity contribution in [1.82, 2.24) is 10.3 Å². The summed E-state index contributed by atoms with van der Waals surface area (Å²) in [6, 6.07) is 8.21. The quantitative estimate of drug-likeness (QED) is 0.831. The van der Waals surface area contributed by atoms with Crippen LogP contribution in [0.1, 0.15) is 11.3 Å². The number of hydrogen-bond acceptors (Lipinski definition) is 4. The molecule has 0 radical (unpaired) electrons. The van der Waals surface area contributed by atoms with Crippen LogP contribution in [0.3, 0.4) is 0 Å². The van der Waals surface area contributed by atoms with Crippen molar-refractivity contribution in [2.45, 2.75) is 13.3 Å². The Morgan fingerprint density at radius 3 is 3.05 bits per heavy atom. The number of carbonyl (C=O) groups excluding carboxylic acids is 1. The summed E-state index contributed by atoms with van der Waals surface area (Å²) in [7, 11) is 1.61. The smallest absolute Gasteiger partial charge is 0.226 e. The van der Waals surface area contributed by atoms with E-state index in [9.17, 15) is 4.79 Å². The number of aryl methyl sites for hydroxylation is 1. The van der Waals surface area contributed by atoms with Gasteiger partial charge in [-0.05, 0) is 13.0 Å². The van der Waals surface area contributed by atoms with Crippen LogP contribution >= 0.6 is 11.3 Å². The Hall–Kier alpha value is -1.72. The van der Waals surface area contributed by atoms with Gasteiger partial charge in [0.1, 0.15) is 5.01 Å². The maximum Gasteiger partial charge on any atom is 0.226 e. The summed E-state index contributed by atoms with van der Waals surface area (Å²) in [6.07, 6.45) is 0.312. The van der Waals surface area contributed by atoms with Crippen LogP contribution in [0.15, 0.2) is 29.6 Å². The van der Waals surface area contributed by atoms with Crippen LogP contribution in [0.25, 0.3) is 10.6 Å². The third-order valence-corrected chi connectivity index (χ3v) is 3.73. The lowest BCUT2D eigenvalue weighted by Crippen LogP contribution is -2.28. The second-order valence-electron chi connectivity index (χ2n) is 4.53. The maximum atomic E-state index is 11.7. The summed E-state index contributed by atoms with van der Waals surface area (Å²) in [6.45, 7) is 3.11. The van der Waals surface area contributed by atoms with Crippen molar-refractivity contribution in [1.29, 1.82) is 0 Å². The van der Waals surface area contributed by atoms with E-state index in [0.29, 0.717) is 19.6 Å². The first kappa shape index (κ1) is 14.7. The third-order valence-electron chi connectivity index (χ3n) is 2.79. The Kier molecular flexibility index (Phi) is 5.26. The molecule has 0 saturated heterocycles. The monoisotopic (exact) mass is 290 g/mol. The van der Waals surface area contributed by atoms with E-state index >= 15 is 0 Å². The van der Waals surface area contributed by atoms with E-state index in [1.165, 1.54) is 5.56 Å². The molecule has 0 bridgehead atoms. The summed E-state index contributed by atoms with van der Waals surface area (Å²) >= 11 is 1.57. The maximum absolute atomic E-state index is 11.7. The zero-order chi connectivity index (χ0) is 14.4. The Morgan fingerprint density at radius 1 is 1.45 bits per heavy atom. The van der Waals surface area contributed by atoms with Crippen molar-refractivity contribution >= 4 is 17.2 Å². The molecule has 0 spiro atoms. The second-order valence-corrected chi connectivity index (χ2v) is 5.39. The first-order chi connectivity index (χ1) is 9.69. The molecule has 2 rings (SSSR count). The number of aromatic nitrogens is 1. The normalized spacial score (nSPS) is 10.5. The van der Waals surface area contributed by atoms with Gasteiger partial charge in [-0.3, -0.25) is 4.79 Å². The fourth-order valence-electron chi connectivity index (χ4n) is 1.82. The summed E-state index contributed by atoms with van der Waals surface area (Å²) in [5.74, 6) is -0.0249. The summed E-state index contributed by atoms with van der Waals surface area (Å²) in [4.78, 5) is 16.2. The lowest BCUT2D eigenvalue weighted by atomic mass is 10.1. The molecule has 5 heteroatoms. The van der Waals surface area contributed by atoms with Crippen molar-refractivity contribution in [3.8, 4) is 10.6 Å². The van der Waals surface area contributed by atoms with Gasteiger partial charge in [-0.1, -0.05) is 23.8 Å². The van der Waals surface area contributed by atoms with Gasteiger partial charge in [0.25, 0.3) is 0 Å². The summed E-state index contributed by atoms with van der Waals surface area (Å²) in [5, 5.41) is 5.68. The Bertz CT molecular complexity index is 581. The molecule has 0 unspecified atom stereocenters. The van der Waals surface area contributed by atoms with Gasteiger partial charge in [-0.2, -0.15) is 0 Å².